The van der Waals surface area contributed by atoms with Gasteiger partial charge in [-0.2, -0.15) is 0 Å². The maximum absolute atomic E-state index is 12.2. The van der Waals surface area contributed by atoms with Crippen LogP contribution in [-0.4, -0.2) is 48.7 Å². The molecule has 0 atom stereocenters. The summed E-state index contributed by atoms with van der Waals surface area (Å²) in [6, 6.07) is 4.85. The molecule has 0 aliphatic carbocycles. The molecule has 23 heavy (non-hydrogen) atoms. The van der Waals surface area contributed by atoms with Crippen LogP contribution in [0.1, 0.15) is 12.8 Å². The van der Waals surface area contributed by atoms with Crippen molar-refractivity contribution < 1.29 is 19.1 Å². The van der Waals surface area contributed by atoms with Crippen molar-refractivity contribution in [3.8, 4) is 5.75 Å². The highest BCUT2D eigenvalue weighted by molar-refractivity contribution is 6.35. The van der Waals surface area contributed by atoms with E-state index >= 15 is 0 Å². The van der Waals surface area contributed by atoms with Gasteiger partial charge < -0.3 is 19.7 Å². The number of nitrogens with zero attached hydrogens (tertiary/aromatic N) is 1. The zero-order valence-corrected chi connectivity index (χ0v) is 13.8. The van der Waals surface area contributed by atoms with Gasteiger partial charge in [-0.15, -0.1) is 0 Å². The Hall–Kier alpha value is -1.66. The van der Waals surface area contributed by atoms with E-state index in [1.807, 2.05) is 0 Å². The van der Waals surface area contributed by atoms with E-state index in [2.05, 4.69) is 5.32 Å². The van der Waals surface area contributed by atoms with Crippen LogP contribution in [0.25, 0.3) is 0 Å². The lowest BCUT2D eigenvalue weighted by Gasteiger charge is -2.37. The molecule has 1 aromatic carbocycles. The molecular weight excluding hydrogens is 343 g/mol. The van der Waals surface area contributed by atoms with Crippen LogP contribution in [0.5, 0.6) is 5.75 Å². The Kier molecular flexibility index (Phi) is 4.55. The number of piperidine rings is 1. The third-order valence-corrected chi connectivity index (χ3v) is 4.67. The standard InChI is InChI=1S/C15H16Cl2N2O4/c16-10-1-2-12(11(17)7-10)22-8-13(20)19-5-3-15(4-6-19)9-18-14(21)23-15/h1-2,7H,3-6,8-9H2,(H,18,21). The molecule has 6 nitrogen and oxygen atoms in total. The minimum absolute atomic E-state index is 0.0909. The van der Waals surface area contributed by atoms with Gasteiger partial charge in [-0.3, -0.25) is 4.79 Å². The Bertz CT molecular complexity index is 630. The second kappa shape index (κ2) is 6.45. The molecule has 1 aromatic rings. The Morgan fingerprint density at radius 2 is 2.09 bits per heavy atom. The van der Waals surface area contributed by atoms with Gasteiger partial charge >= 0.3 is 6.09 Å². The highest BCUT2D eigenvalue weighted by Gasteiger charge is 2.43. The molecule has 2 heterocycles. The first kappa shape index (κ1) is 16.2. The van der Waals surface area contributed by atoms with Gasteiger partial charge in [-0.25, -0.2) is 4.79 Å². The fraction of sp³-hybridized carbons (Fsp3) is 0.467. The monoisotopic (exact) mass is 358 g/mol. The average molecular weight is 359 g/mol. The molecule has 1 spiro atoms. The van der Waals surface area contributed by atoms with Crippen molar-refractivity contribution in [2.45, 2.75) is 18.4 Å². The minimum Gasteiger partial charge on any atom is -0.482 e. The molecule has 0 radical (unpaired) electrons. The maximum Gasteiger partial charge on any atom is 0.407 e. The largest absolute Gasteiger partial charge is 0.482 e. The Morgan fingerprint density at radius 3 is 2.70 bits per heavy atom. The summed E-state index contributed by atoms with van der Waals surface area (Å²) in [5.74, 6) is 0.301. The lowest BCUT2D eigenvalue weighted by Crippen LogP contribution is -2.49. The number of alkyl carbamates (subject to hydrolysis) is 1. The molecule has 2 fully saturated rings. The molecule has 3 rings (SSSR count). The number of ether oxygens (including phenoxy) is 2. The number of carbonyl (C=O) groups excluding carboxylic acids is 2. The van der Waals surface area contributed by atoms with Crippen molar-refractivity contribution in [2.75, 3.05) is 26.2 Å². The summed E-state index contributed by atoms with van der Waals surface area (Å²) in [6.45, 7) is 1.48. The molecule has 124 valence electrons. The van der Waals surface area contributed by atoms with E-state index in [-0.39, 0.29) is 18.6 Å². The summed E-state index contributed by atoms with van der Waals surface area (Å²) in [7, 11) is 0. The van der Waals surface area contributed by atoms with Gasteiger partial charge in [0.15, 0.2) is 6.61 Å². The Morgan fingerprint density at radius 1 is 1.35 bits per heavy atom. The van der Waals surface area contributed by atoms with Gasteiger partial charge in [0.05, 0.1) is 11.6 Å². The van der Waals surface area contributed by atoms with Gasteiger partial charge in [-0.05, 0) is 18.2 Å². The number of hydrogen-bond acceptors (Lipinski definition) is 4. The third-order valence-electron chi connectivity index (χ3n) is 4.14. The van der Waals surface area contributed by atoms with E-state index in [4.69, 9.17) is 32.7 Å². The quantitative estimate of drug-likeness (QED) is 0.900. The SMILES string of the molecule is O=C1NCC2(CCN(C(=O)COc3ccc(Cl)cc3Cl)CC2)O1. The van der Waals surface area contributed by atoms with Crippen molar-refractivity contribution in [1.29, 1.82) is 0 Å². The third kappa shape index (κ3) is 3.64. The van der Waals surface area contributed by atoms with Gasteiger partial charge in [0, 0.05) is 31.0 Å². The fourth-order valence-electron chi connectivity index (χ4n) is 2.77. The zero-order chi connectivity index (χ0) is 16.4. The van der Waals surface area contributed by atoms with Crippen molar-refractivity contribution in [1.82, 2.24) is 10.2 Å². The molecule has 8 heteroatoms. The molecule has 2 amide bonds. The van der Waals surface area contributed by atoms with Gasteiger partial charge in [0.2, 0.25) is 0 Å². The van der Waals surface area contributed by atoms with E-state index in [1.165, 1.54) is 0 Å². The van der Waals surface area contributed by atoms with Gasteiger partial charge in [-0.1, -0.05) is 23.2 Å². The smallest absolute Gasteiger partial charge is 0.407 e. The first-order valence-corrected chi connectivity index (χ1v) is 8.06. The minimum atomic E-state index is -0.464. The van der Waals surface area contributed by atoms with Crippen molar-refractivity contribution in [3.05, 3.63) is 28.2 Å². The number of likely N-dealkylation sites (tertiary alicyclic amines) is 1. The number of rotatable bonds is 3. The molecular formula is C15H16Cl2N2O4. The summed E-state index contributed by atoms with van der Waals surface area (Å²) in [5, 5.41) is 3.54. The van der Waals surface area contributed by atoms with Gasteiger partial charge in [0.1, 0.15) is 11.4 Å². The molecule has 0 unspecified atom stereocenters. The van der Waals surface area contributed by atoms with E-state index in [9.17, 15) is 9.59 Å². The van der Waals surface area contributed by atoms with E-state index in [0.29, 0.717) is 48.3 Å². The Balaban J connectivity index is 1.51. The van der Waals surface area contributed by atoms with Crippen LogP contribution < -0.4 is 10.1 Å². The van der Waals surface area contributed by atoms with Crippen LogP contribution in [0.4, 0.5) is 4.79 Å². The number of nitrogens with one attached hydrogen (secondary N) is 1. The van der Waals surface area contributed by atoms with Crippen LogP contribution in [-0.2, 0) is 9.53 Å². The van der Waals surface area contributed by atoms with Crippen LogP contribution in [0.15, 0.2) is 18.2 Å². The summed E-state index contributed by atoms with van der Waals surface area (Å²) in [6.07, 6.45) is 0.865. The average Bonchev–Trinajstić information content (AvgIpc) is 2.87. The second-order valence-corrected chi connectivity index (χ2v) is 6.51. The molecule has 2 saturated heterocycles. The van der Waals surface area contributed by atoms with Crippen LogP contribution >= 0.6 is 23.2 Å². The van der Waals surface area contributed by atoms with Crippen molar-refractivity contribution >= 4 is 35.2 Å². The Labute approximate surface area is 143 Å². The first-order chi connectivity index (χ1) is 11.0. The topological polar surface area (TPSA) is 67.9 Å². The predicted octanol–water partition coefficient (Wildman–Crippen LogP) is 2.47. The lowest BCUT2D eigenvalue weighted by atomic mass is 9.91. The van der Waals surface area contributed by atoms with Crippen molar-refractivity contribution in [3.63, 3.8) is 0 Å². The highest BCUT2D eigenvalue weighted by atomic mass is 35.5. The van der Waals surface area contributed by atoms with Crippen LogP contribution in [0.2, 0.25) is 10.0 Å². The second-order valence-electron chi connectivity index (χ2n) is 5.67. The summed E-state index contributed by atoms with van der Waals surface area (Å²) in [5.41, 5.74) is -0.464. The normalized spacial score (nSPS) is 19.4. The number of hydrogen-bond donors (Lipinski definition) is 1. The number of halogens is 2. The van der Waals surface area contributed by atoms with Crippen LogP contribution in [0, 0.1) is 0 Å². The molecule has 1 N–H and O–H groups in total. The number of amides is 2. The summed E-state index contributed by atoms with van der Waals surface area (Å²) in [4.78, 5) is 25.1. The molecule has 2 aliphatic heterocycles. The highest BCUT2D eigenvalue weighted by Crippen LogP contribution is 2.30. The maximum atomic E-state index is 12.2. The number of carbonyl (C=O) groups is 2. The molecule has 2 aliphatic rings. The predicted molar refractivity (Wildman–Crippen MR) is 85.0 cm³/mol. The molecule has 0 aromatic heterocycles. The fourth-order valence-corrected chi connectivity index (χ4v) is 3.23. The molecule has 0 bridgehead atoms. The summed E-state index contributed by atoms with van der Waals surface area (Å²) < 4.78 is 10.8. The van der Waals surface area contributed by atoms with Crippen molar-refractivity contribution in [2.24, 2.45) is 0 Å². The van der Waals surface area contributed by atoms with E-state index in [1.54, 1.807) is 23.1 Å². The number of benzene rings is 1. The zero-order valence-electron chi connectivity index (χ0n) is 12.3. The van der Waals surface area contributed by atoms with Gasteiger partial charge in [0.25, 0.3) is 5.91 Å². The van der Waals surface area contributed by atoms with Crippen LogP contribution in [0.3, 0.4) is 0 Å². The van der Waals surface area contributed by atoms with E-state index < -0.39 is 5.60 Å². The molecule has 0 saturated carbocycles. The lowest BCUT2D eigenvalue weighted by molar-refractivity contribution is -0.136. The first-order valence-electron chi connectivity index (χ1n) is 7.30. The summed E-state index contributed by atoms with van der Waals surface area (Å²) >= 11 is 11.8. The van der Waals surface area contributed by atoms with E-state index in [0.717, 1.165) is 0 Å².